The molecule has 0 radical (unpaired) electrons. The first kappa shape index (κ1) is 18.5. The van der Waals surface area contributed by atoms with Crippen LogP contribution in [0, 0.1) is 0 Å². The van der Waals surface area contributed by atoms with Gasteiger partial charge in [-0.15, -0.1) is 11.3 Å². The lowest BCUT2D eigenvalue weighted by Crippen LogP contribution is -2.30. The van der Waals surface area contributed by atoms with Gasteiger partial charge in [-0.1, -0.05) is 0 Å². The van der Waals surface area contributed by atoms with Crippen molar-refractivity contribution in [2.45, 2.75) is 23.0 Å². The van der Waals surface area contributed by atoms with E-state index in [0.29, 0.717) is 17.9 Å². The molecule has 1 unspecified atom stereocenters. The Bertz CT molecular complexity index is 1300. The van der Waals surface area contributed by atoms with E-state index in [2.05, 4.69) is 15.3 Å². The molecule has 0 spiro atoms. The van der Waals surface area contributed by atoms with Crippen LogP contribution in [0.25, 0.3) is 21.1 Å². The molecule has 0 amide bonds. The molecule has 1 fully saturated rings. The van der Waals surface area contributed by atoms with Gasteiger partial charge in [0.1, 0.15) is 0 Å². The molecule has 1 N–H and O–H groups in total. The number of nitrogens with one attached hydrogen (secondary N) is 1. The van der Waals surface area contributed by atoms with E-state index < -0.39 is 15.1 Å². The molecule has 29 heavy (non-hydrogen) atoms. The average Bonchev–Trinajstić information content (AvgIpc) is 3.22. The first-order valence-electron chi connectivity index (χ1n) is 9.42. The molecule has 1 aliphatic heterocycles. The number of rotatable bonds is 4. The molecule has 3 heterocycles. The Balaban J connectivity index is 1.54. The number of hydrogen-bond acceptors (Lipinski definition) is 7. The predicted molar refractivity (Wildman–Crippen MR) is 116 cm³/mol. The molecule has 1 atom stereocenters. The minimum Gasteiger partial charge on any atom is -0.380 e. The van der Waals surface area contributed by atoms with Crippen LogP contribution in [-0.4, -0.2) is 36.8 Å². The largest absolute Gasteiger partial charge is 0.380 e. The van der Waals surface area contributed by atoms with Crippen LogP contribution in [0.1, 0.15) is 12.8 Å². The number of aromatic nitrogens is 2. The predicted octanol–water partition coefficient (Wildman–Crippen LogP) is 4.54. The molecule has 1 aliphatic rings. The molecule has 0 aliphatic carbocycles. The molecule has 1 saturated heterocycles. The van der Waals surface area contributed by atoms with Gasteiger partial charge >= 0.3 is 0 Å². The van der Waals surface area contributed by atoms with Gasteiger partial charge in [0.05, 0.1) is 38.0 Å². The number of thiazole rings is 1. The summed E-state index contributed by atoms with van der Waals surface area (Å²) in [6, 6.07) is 13.0. The first-order valence-corrected chi connectivity index (χ1v) is 11.8. The summed E-state index contributed by atoms with van der Waals surface area (Å²) in [5, 5.41) is 3.67. The Morgan fingerprint density at radius 1 is 1.07 bits per heavy atom. The summed E-state index contributed by atoms with van der Waals surface area (Å²) in [7, 11) is -3.45. The Morgan fingerprint density at radius 3 is 2.86 bits per heavy atom. The van der Waals surface area contributed by atoms with Crippen LogP contribution in [0.15, 0.2) is 59.1 Å². The van der Waals surface area contributed by atoms with Crippen LogP contribution in [0.3, 0.4) is 0 Å². The van der Waals surface area contributed by atoms with Gasteiger partial charge in [-0.3, -0.25) is 4.98 Å². The molecule has 0 bridgehead atoms. The smallest absolute Gasteiger partial charge is 0.183 e. The van der Waals surface area contributed by atoms with Gasteiger partial charge in [-0.2, -0.15) is 0 Å². The summed E-state index contributed by atoms with van der Waals surface area (Å²) in [4.78, 5) is 9.06. The van der Waals surface area contributed by atoms with Crippen molar-refractivity contribution in [1.29, 1.82) is 0 Å². The van der Waals surface area contributed by atoms with E-state index in [-0.39, 0.29) is 6.61 Å². The zero-order valence-electron chi connectivity index (χ0n) is 15.5. The van der Waals surface area contributed by atoms with E-state index in [1.165, 1.54) is 0 Å². The SMILES string of the molecule is O=S(=O)(c1ccc2nccc(Nc3ccc4scnc4c3)c2c1)C1CCCOC1. The van der Waals surface area contributed by atoms with Crippen molar-refractivity contribution in [2.75, 3.05) is 18.5 Å². The lowest BCUT2D eigenvalue weighted by atomic mass is 10.2. The van der Waals surface area contributed by atoms with Gasteiger partial charge in [0.2, 0.25) is 0 Å². The third kappa shape index (κ3) is 3.48. The second kappa shape index (κ2) is 7.37. The highest BCUT2D eigenvalue weighted by atomic mass is 32.2. The molecular weight excluding hydrogens is 406 g/mol. The Kier molecular flexibility index (Phi) is 4.69. The number of nitrogens with zero attached hydrogens (tertiary/aromatic N) is 2. The molecule has 2 aromatic carbocycles. The zero-order valence-corrected chi connectivity index (χ0v) is 17.2. The minimum atomic E-state index is -3.45. The topological polar surface area (TPSA) is 81.2 Å². The van der Waals surface area contributed by atoms with Crippen molar-refractivity contribution in [3.8, 4) is 0 Å². The standard InChI is InChI=1S/C21H19N3O3S2/c25-29(26,16-2-1-9-27-12-16)15-4-5-18-17(11-15)19(7-8-22-18)24-14-3-6-21-20(10-14)23-13-28-21/h3-8,10-11,13,16H,1-2,9,12H2,(H,22,24). The van der Waals surface area contributed by atoms with E-state index in [0.717, 1.165) is 38.9 Å². The van der Waals surface area contributed by atoms with Crippen LogP contribution in [0.2, 0.25) is 0 Å². The summed E-state index contributed by atoms with van der Waals surface area (Å²) in [5.74, 6) is 0. The van der Waals surface area contributed by atoms with Crippen LogP contribution in [0.4, 0.5) is 11.4 Å². The summed E-state index contributed by atoms with van der Waals surface area (Å²) >= 11 is 1.60. The van der Waals surface area contributed by atoms with Gasteiger partial charge in [-0.05, 0) is 55.3 Å². The fourth-order valence-corrected chi connectivity index (χ4v) is 5.99. The quantitative estimate of drug-likeness (QED) is 0.517. The number of benzene rings is 2. The Morgan fingerprint density at radius 2 is 2.00 bits per heavy atom. The minimum absolute atomic E-state index is 0.256. The van der Waals surface area contributed by atoms with Crippen molar-refractivity contribution in [3.05, 3.63) is 54.2 Å². The molecule has 6 nitrogen and oxygen atoms in total. The van der Waals surface area contributed by atoms with E-state index in [4.69, 9.17) is 4.74 Å². The van der Waals surface area contributed by atoms with Gasteiger partial charge in [0, 0.05) is 29.6 Å². The number of anilines is 2. The highest BCUT2D eigenvalue weighted by Crippen LogP contribution is 2.31. The van der Waals surface area contributed by atoms with E-state index >= 15 is 0 Å². The lowest BCUT2D eigenvalue weighted by Gasteiger charge is -2.22. The van der Waals surface area contributed by atoms with Gasteiger partial charge in [0.25, 0.3) is 0 Å². The van der Waals surface area contributed by atoms with Gasteiger partial charge in [-0.25, -0.2) is 13.4 Å². The van der Waals surface area contributed by atoms with E-state index in [1.54, 1.807) is 35.7 Å². The fourth-order valence-electron chi connectivity index (χ4n) is 3.65. The normalized spacial score (nSPS) is 17.6. The van der Waals surface area contributed by atoms with Gasteiger partial charge in [0.15, 0.2) is 9.84 Å². The maximum atomic E-state index is 13.1. The maximum absolute atomic E-state index is 13.1. The fraction of sp³-hybridized carbons (Fsp3) is 0.238. The molecular formula is C21H19N3O3S2. The second-order valence-corrected chi connectivity index (χ2v) is 10.2. The molecule has 8 heteroatoms. The molecule has 148 valence electrons. The Labute approximate surface area is 172 Å². The summed E-state index contributed by atoms with van der Waals surface area (Å²) in [6.45, 7) is 0.886. The number of hydrogen-bond donors (Lipinski definition) is 1. The van der Waals surface area contributed by atoms with Crippen LogP contribution in [-0.2, 0) is 14.6 Å². The average molecular weight is 426 g/mol. The number of sulfone groups is 1. The van der Waals surface area contributed by atoms with Crippen LogP contribution < -0.4 is 5.32 Å². The number of fused-ring (bicyclic) bond motifs is 2. The zero-order chi connectivity index (χ0) is 19.8. The molecule has 2 aromatic heterocycles. The summed E-state index contributed by atoms with van der Waals surface area (Å²) < 4.78 is 32.7. The van der Waals surface area contributed by atoms with E-state index in [9.17, 15) is 8.42 Å². The third-order valence-electron chi connectivity index (χ3n) is 5.21. The van der Waals surface area contributed by atoms with Crippen LogP contribution >= 0.6 is 11.3 Å². The number of pyridine rings is 1. The second-order valence-electron chi connectivity index (χ2n) is 7.08. The van der Waals surface area contributed by atoms with E-state index in [1.807, 2.05) is 29.8 Å². The van der Waals surface area contributed by atoms with Crippen molar-refractivity contribution < 1.29 is 13.2 Å². The maximum Gasteiger partial charge on any atom is 0.183 e. The first-order chi connectivity index (χ1) is 14.1. The number of ether oxygens (including phenoxy) is 1. The monoisotopic (exact) mass is 425 g/mol. The van der Waals surface area contributed by atoms with Crippen molar-refractivity contribution in [1.82, 2.24) is 9.97 Å². The lowest BCUT2D eigenvalue weighted by molar-refractivity contribution is 0.0991. The third-order valence-corrected chi connectivity index (χ3v) is 8.18. The van der Waals surface area contributed by atoms with Gasteiger partial charge < -0.3 is 10.1 Å². The molecule has 5 rings (SSSR count). The summed E-state index contributed by atoms with van der Waals surface area (Å²) in [6.07, 6.45) is 3.12. The summed E-state index contributed by atoms with van der Waals surface area (Å²) in [5.41, 5.74) is 5.19. The highest BCUT2D eigenvalue weighted by Gasteiger charge is 2.30. The van der Waals surface area contributed by atoms with Crippen molar-refractivity contribution in [3.63, 3.8) is 0 Å². The Hall–Kier alpha value is -2.55. The molecule has 0 saturated carbocycles. The highest BCUT2D eigenvalue weighted by molar-refractivity contribution is 7.92. The molecule has 4 aromatic rings. The van der Waals surface area contributed by atoms with Crippen LogP contribution in [0.5, 0.6) is 0 Å². The van der Waals surface area contributed by atoms with Crippen molar-refractivity contribution in [2.24, 2.45) is 0 Å². The van der Waals surface area contributed by atoms with Crippen molar-refractivity contribution >= 4 is 53.7 Å².